The molecule has 3 aromatic rings. The molecule has 2 N–H and O–H groups in total. The monoisotopic (exact) mass is 478 g/mol. The molecule has 164 valence electrons. The maximum Gasteiger partial charge on any atom is 0.335 e. The Kier molecular flexibility index (Phi) is 7.24. The fraction of sp³-hybridized carbons (Fsp3) is 0.0476. The quantitative estimate of drug-likeness (QED) is 0.415. The number of hydrogen-bond donors (Lipinski definition) is 2. The number of carbonyl (C=O) groups excluding carboxylic acids is 3. The molecule has 0 saturated carbocycles. The van der Waals surface area contributed by atoms with E-state index in [0.717, 1.165) is 18.4 Å². The molecule has 0 aliphatic rings. The lowest BCUT2D eigenvalue weighted by molar-refractivity contribution is -0.123. The van der Waals surface area contributed by atoms with Gasteiger partial charge in [-0.3, -0.25) is 25.2 Å². The molecule has 0 fully saturated rings. The van der Waals surface area contributed by atoms with Gasteiger partial charge in [-0.05, 0) is 42.5 Å². The molecule has 2 aromatic carbocycles. The molecular weight excluding hydrogens is 466 g/mol. The van der Waals surface area contributed by atoms with Crippen LogP contribution in [0.25, 0.3) is 0 Å². The van der Waals surface area contributed by atoms with E-state index in [4.69, 9.17) is 27.9 Å². The zero-order chi connectivity index (χ0) is 23.3. The lowest BCUT2D eigenvalue weighted by atomic mass is 10.0. The molecule has 0 radical (unpaired) electrons. The van der Waals surface area contributed by atoms with Gasteiger partial charge in [0.15, 0.2) is 24.0 Å². The number of hydrogen-bond acceptors (Lipinski definition) is 6. The van der Waals surface area contributed by atoms with Crippen LogP contribution in [-0.4, -0.2) is 24.2 Å². The highest BCUT2D eigenvalue weighted by atomic mass is 35.5. The van der Waals surface area contributed by atoms with Crippen molar-refractivity contribution in [3.05, 3.63) is 97.8 Å². The number of hydrazine groups is 1. The number of ketones is 1. The number of nitrogens with one attached hydrogen (secondary N) is 2. The highest BCUT2D eigenvalue weighted by molar-refractivity contribution is 6.32. The standard InChI is InChI=1S/C21H13Cl2FN2O6/c22-14-4-1-11(2-5-14)19(29)13-7-15(23)20(16(24)8-13)32-10-17(27)25-26-21(30)12-3-6-18(28)31-9-12/h1-9H,10H2,(H,25,27)(H,26,30). The van der Waals surface area contributed by atoms with E-state index >= 15 is 0 Å². The molecule has 0 aliphatic carbocycles. The van der Waals surface area contributed by atoms with E-state index in [1.165, 1.54) is 36.4 Å². The largest absolute Gasteiger partial charge is 0.479 e. The summed E-state index contributed by atoms with van der Waals surface area (Å²) >= 11 is 11.8. The van der Waals surface area contributed by atoms with Crippen LogP contribution >= 0.6 is 23.2 Å². The molecule has 32 heavy (non-hydrogen) atoms. The first kappa shape index (κ1) is 23.0. The van der Waals surface area contributed by atoms with Gasteiger partial charge >= 0.3 is 5.63 Å². The number of carbonyl (C=O) groups is 3. The molecule has 0 aliphatic heterocycles. The SMILES string of the molecule is O=C(COc1c(F)cc(C(=O)c2ccc(Cl)cc2)cc1Cl)NNC(=O)c1ccc(=O)oc1. The number of amides is 2. The van der Waals surface area contributed by atoms with Gasteiger partial charge < -0.3 is 9.15 Å². The summed E-state index contributed by atoms with van der Waals surface area (Å²) in [6, 6.07) is 10.4. The normalized spacial score (nSPS) is 10.3. The highest BCUT2D eigenvalue weighted by Gasteiger charge is 2.18. The third-order valence-corrected chi connectivity index (χ3v) is 4.53. The predicted molar refractivity (Wildman–Crippen MR) is 112 cm³/mol. The molecule has 8 nitrogen and oxygen atoms in total. The van der Waals surface area contributed by atoms with E-state index in [9.17, 15) is 23.6 Å². The average molecular weight is 479 g/mol. The molecular formula is C21H13Cl2FN2O6. The summed E-state index contributed by atoms with van der Waals surface area (Å²) in [5, 5.41) is 0.220. The van der Waals surface area contributed by atoms with Crippen LogP contribution in [0.2, 0.25) is 10.0 Å². The summed E-state index contributed by atoms with van der Waals surface area (Å²) in [6.45, 7) is -0.689. The highest BCUT2D eigenvalue weighted by Crippen LogP contribution is 2.30. The van der Waals surface area contributed by atoms with Crippen molar-refractivity contribution in [3.63, 3.8) is 0 Å². The van der Waals surface area contributed by atoms with E-state index in [-0.39, 0.29) is 21.7 Å². The fourth-order valence-electron chi connectivity index (χ4n) is 2.46. The van der Waals surface area contributed by atoms with Crippen LogP contribution in [0.5, 0.6) is 5.75 Å². The van der Waals surface area contributed by atoms with Gasteiger partial charge in [0.05, 0.1) is 10.6 Å². The van der Waals surface area contributed by atoms with Gasteiger partial charge in [0.25, 0.3) is 11.8 Å². The smallest absolute Gasteiger partial charge is 0.335 e. The van der Waals surface area contributed by atoms with Crippen molar-refractivity contribution in [2.24, 2.45) is 0 Å². The van der Waals surface area contributed by atoms with Gasteiger partial charge in [-0.1, -0.05) is 23.2 Å². The Morgan fingerprint density at radius 1 is 0.938 bits per heavy atom. The summed E-state index contributed by atoms with van der Waals surface area (Å²) in [4.78, 5) is 47.1. The first-order valence-electron chi connectivity index (χ1n) is 8.85. The zero-order valence-corrected chi connectivity index (χ0v) is 17.5. The van der Waals surface area contributed by atoms with Crippen LogP contribution in [0.4, 0.5) is 4.39 Å². The molecule has 11 heteroatoms. The lowest BCUT2D eigenvalue weighted by Crippen LogP contribution is -2.43. The number of ether oxygens (including phenoxy) is 1. The Bertz CT molecular complexity index is 1200. The Labute approximate surface area is 189 Å². The number of benzene rings is 2. The third-order valence-electron chi connectivity index (χ3n) is 3.99. The van der Waals surface area contributed by atoms with Crippen molar-refractivity contribution < 1.29 is 27.9 Å². The van der Waals surface area contributed by atoms with E-state index in [0.29, 0.717) is 5.02 Å². The molecule has 1 aromatic heterocycles. The van der Waals surface area contributed by atoms with Crippen molar-refractivity contribution in [2.45, 2.75) is 0 Å². The predicted octanol–water partition coefficient (Wildman–Crippen LogP) is 3.16. The van der Waals surface area contributed by atoms with Crippen molar-refractivity contribution in [3.8, 4) is 5.75 Å². The van der Waals surface area contributed by atoms with Crippen LogP contribution < -0.4 is 21.2 Å². The second kappa shape index (κ2) is 10.1. The molecule has 0 spiro atoms. The van der Waals surface area contributed by atoms with Crippen molar-refractivity contribution in [1.82, 2.24) is 10.9 Å². The Morgan fingerprint density at radius 3 is 2.25 bits per heavy atom. The van der Waals surface area contributed by atoms with Crippen molar-refractivity contribution >= 4 is 40.8 Å². The maximum absolute atomic E-state index is 14.4. The Morgan fingerprint density at radius 2 is 1.62 bits per heavy atom. The molecule has 0 saturated heterocycles. The molecule has 0 unspecified atom stereocenters. The summed E-state index contributed by atoms with van der Waals surface area (Å²) < 4.78 is 24.1. The van der Waals surface area contributed by atoms with E-state index in [1.807, 2.05) is 5.43 Å². The van der Waals surface area contributed by atoms with Gasteiger partial charge in [0, 0.05) is 22.2 Å². The van der Waals surface area contributed by atoms with Crippen LogP contribution in [0, 0.1) is 5.82 Å². The molecule has 0 atom stereocenters. The maximum atomic E-state index is 14.4. The first-order chi connectivity index (χ1) is 15.2. The second-order valence-corrected chi connectivity index (χ2v) is 7.08. The van der Waals surface area contributed by atoms with Gasteiger partial charge in [0.1, 0.15) is 6.26 Å². The summed E-state index contributed by atoms with van der Waals surface area (Å²) in [7, 11) is 0. The third kappa shape index (κ3) is 5.71. The molecule has 1 heterocycles. The minimum absolute atomic E-state index is 0.0131. The summed E-state index contributed by atoms with van der Waals surface area (Å²) in [5.41, 5.74) is 3.73. The fourth-order valence-corrected chi connectivity index (χ4v) is 2.84. The second-order valence-electron chi connectivity index (χ2n) is 6.24. The zero-order valence-electron chi connectivity index (χ0n) is 16.0. The molecule has 0 bridgehead atoms. The van der Waals surface area contributed by atoms with Crippen LogP contribution in [0.1, 0.15) is 26.3 Å². The molecule has 2 amide bonds. The van der Waals surface area contributed by atoms with Crippen LogP contribution in [-0.2, 0) is 4.79 Å². The van der Waals surface area contributed by atoms with Gasteiger partial charge in [0.2, 0.25) is 0 Å². The van der Waals surface area contributed by atoms with E-state index in [2.05, 4.69) is 9.84 Å². The Balaban J connectivity index is 1.60. The van der Waals surface area contributed by atoms with Crippen LogP contribution in [0.15, 0.2) is 64.0 Å². The minimum Gasteiger partial charge on any atom is -0.479 e. The van der Waals surface area contributed by atoms with Crippen molar-refractivity contribution in [1.29, 1.82) is 0 Å². The summed E-state index contributed by atoms with van der Waals surface area (Å²) in [5.74, 6) is -3.45. The average Bonchev–Trinajstić information content (AvgIpc) is 2.77. The van der Waals surface area contributed by atoms with E-state index in [1.54, 1.807) is 0 Å². The van der Waals surface area contributed by atoms with Crippen LogP contribution in [0.3, 0.4) is 0 Å². The first-order valence-corrected chi connectivity index (χ1v) is 9.60. The van der Waals surface area contributed by atoms with Crippen molar-refractivity contribution in [2.75, 3.05) is 6.61 Å². The molecule has 3 rings (SSSR count). The lowest BCUT2D eigenvalue weighted by Gasteiger charge is -2.11. The summed E-state index contributed by atoms with van der Waals surface area (Å²) in [6.07, 6.45) is 0.919. The number of rotatable bonds is 6. The minimum atomic E-state index is -0.953. The Hall–Kier alpha value is -3.69. The van der Waals surface area contributed by atoms with Gasteiger partial charge in [-0.2, -0.15) is 0 Å². The number of halogens is 3. The van der Waals surface area contributed by atoms with Gasteiger partial charge in [-0.25, -0.2) is 9.18 Å². The topological polar surface area (TPSA) is 115 Å². The van der Waals surface area contributed by atoms with E-state index < -0.39 is 41.4 Å². The van der Waals surface area contributed by atoms with Gasteiger partial charge in [-0.15, -0.1) is 0 Å².